The van der Waals surface area contributed by atoms with Gasteiger partial charge in [0.1, 0.15) is 0 Å². The smallest absolute Gasteiger partial charge is 0.0162 e. The van der Waals surface area contributed by atoms with Crippen LogP contribution in [0.25, 0.3) is 0 Å². The maximum Gasteiger partial charge on any atom is 0.0162 e. The van der Waals surface area contributed by atoms with Gasteiger partial charge in [-0.15, -0.1) is 0 Å². The van der Waals surface area contributed by atoms with Crippen LogP contribution in [0.2, 0.25) is 0 Å². The van der Waals surface area contributed by atoms with Gasteiger partial charge in [0, 0.05) is 5.41 Å². The minimum absolute atomic E-state index is 0.0495. The predicted octanol–water partition coefficient (Wildman–Crippen LogP) is 17.7. The van der Waals surface area contributed by atoms with Crippen LogP contribution in [0.1, 0.15) is 228 Å². The fourth-order valence-electron chi connectivity index (χ4n) is 7.02. The molecule has 0 aromatic carbocycles. The highest BCUT2D eigenvalue weighted by Gasteiger charge is 2.36. The van der Waals surface area contributed by atoms with Crippen LogP contribution in [-0.2, 0) is 0 Å². The minimum atomic E-state index is 0.0495. The van der Waals surface area contributed by atoms with E-state index in [9.17, 15) is 0 Å². The molecule has 0 amide bonds. The van der Waals surface area contributed by atoms with Crippen molar-refractivity contribution in [1.29, 1.82) is 0 Å². The average Bonchev–Trinajstić information content (AvgIpc) is 3.11. The Hall–Kier alpha value is -1.56. The molecular weight excluding hydrogens is 589 g/mol. The van der Waals surface area contributed by atoms with E-state index >= 15 is 0 Å². The van der Waals surface area contributed by atoms with Crippen LogP contribution in [0.3, 0.4) is 0 Å². The van der Waals surface area contributed by atoms with Gasteiger partial charge < -0.3 is 0 Å². The van der Waals surface area contributed by atoms with E-state index in [1.807, 2.05) is 0 Å². The summed E-state index contributed by atoms with van der Waals surface area (Å²) >= 11 is 0. The van der Waals surface area contributed by atoms with Gasteiger partial charge in [0.2, 0.25) is 0 Å². The van der Waals surface area contributed by atoms with Crippen LogP contribution in [0, 0.1) is 11.3 Å². The Morgan fingerprint density at radius 3 is 1.51 bits per heavy atom. The lowest BCUT2D eigenvalue weighted by Gasteiger charge is -2.40. The second-order valence-electron chi connectivity index (χ2n) is 14.9. The Kier molecular flexibility index (Phi) is 36.5. The molecule has 0 aliphatic rings. The third-order valence-electron chi connectivity index (χ3n) is 10.3. The molecule has 0 nitrogen and oxygen atoms in total. The summed E-state index contributed by atoms with van der Waals surface area (Å²) in [6, 6.07) is 0. The molecule has 0 heteroatoms. The van der Waals surface area contributed by atoms with Crippen LogP contribution >= 0.6 is 0 Å². The lowest BCUT2D eigenvalue weighted by atomic mass is 9.64. The number of rotatable bonds is 36. The van der Waals surface area contributed by atoms with Crippen molar-refractivity contribution in [3.63, 3.8) is 0 Å². The summed E-state index contributed by atoms with van der Waals surface area (Å²) in [6.07, 6.45) is 65.6. The van der Waals surface area contributed by atoms with Crippen molar-refractivity contribution in [3.8, 4) is 0 Å². The molecule has 0 saturated carbocycles. The lowest BCUT2D eigenvalue weighted by Crippen LogP contribution is -2.30. The molecule has 0 spiro atoms. The number of hydrogen-bond acceptors (Lipinski definition) is 0. The summed E-state index contributed by atoms with van der Waals surface area (Å²) < 4.78 is 0. The fraction of sp³-hybridized carbons (Fsp3) is 0.755. The highest BCUT2D eigenvalue weighted by molar-refractivity contribution is 5.30. The molecule has 0 bridgehead atoms. The van der Waals surface area contributed by atoms with Crippen LogP contribution in [0.15, 0.2) is 72.4 Å². The summed E-state index contributed by atoms with van der Waals surface area (Å²) in [5, 5.41) is 0. The van der Waals surface area contributed by atoms with Gasteiger partial charge in [0.05, 0.1) is 0 Å². The van der Waals surface area contributed by atoms with E-state index in [-0.39, 0.29) is 5.41 Å². The molecule has 0 aromatic heterocycles. The standard InChI is InChI=1S/C49H88/c1-7-13-19-24-29-33-38-42-47(41-18-12-6)49(45-39-34-28-23-17-11-5,46-40-35-30-25-20-14-8-2)48(43-36-31-26-21-15-9-3)44-37-32-27-22-16-10-4/h28,31,33-34,36-38,40-41,44,46,48H,7-27,29-30,32,35,39,42-43,45H2,1-6H3. The summed E-state index contributed by atoms with van der Waals surface area (Å²) in [4.78, 5) is 0. The van der Waals surface area contributed by atoms with Gasteiger partial charge in [-0.25, -0.2) is 0 Å². The molecule has 0 radical (unpaired) electrons. The fourth-order valence-corrected chi connectivity index (χ4v) is 7.02. The first-order valence-corrected chi connectivity index (χ1v) is 22.1. The molecule has 0 aliphatic heterocycles. The summed E-state index contributed by atoms with van der Waals surface area (Å²) in [5.41, 5.74) is 1.73. The lowest BCUT2D eigenvalue weighted by molar-refractivity contribution is 0.305. The molecule has 2 atom stereocenters. The average molecular weight is 677 g/mol. The van der Waals surface area contributed by atoms with E-state index in [1.165, 1.54) is 167 Å². The van der Waals surface area contributed by atoms with Gasteiger partial charge in [-0.05, 0) is 95.8 Å². The Labute approximate surface area is 310 Å². The summed E-state index contributed by atoms with van der Waals surface area (Å²) in [7, 11) is 0. The Morgan fingerprint density at radius 1 is 0.408 bits per heavy atom. The number of hydrogen-bond donors (Lipinski definition) is 0. The van der Waals surface area contributed by atoms with Crippen molar-refractivity contribution < 1.29 is 0 Å². The normalized spacial score (nSPS) is 14.9. The van der Waals surface area contributed by atoms with Gasteiger partial charge in [-0.2, -0.15) is 0 Å². The first-order chi connectivity index (χ1) is 24.2. The first-order valence-electron chi connectivity index (χ1n) is 22.1. The van der Waals surface area contributed by atoms with E-state index in [0.29, 0.717) is 5.92 Å². The Morgan fingerprint density at radius 2 is 0.878 bits per heavy atom. The van der Waals surface area contributed by atoms with Crippen molar-refractivity contribution in [1.82, 2.24) is 0 Å². The Balaban J connectivity index is 6.81. The zero-order chi connectivity index (χ0) is 35.9. The summed E-state index contributed by atoms with van der Waals surface area (Å²) in [6.45, 7) is 13.9. The zero-order valence-corrected chi connectivity index (χ0v) is 34.4. The van der Waals surface area contributed by atoms with E-state index in [1.54, 1.807) is 5.57 Å². The monoisotopic (exact) mass is 677 g/mol. The van der Waals surface area contributed by atoms with Crippen LogP contribution in [0.5, 0.6) is 0 Å². The molecule has 284 valence electrons. The molecule has 0 aliphatic carbocycles. The van der Waals surface area contributed by atoms with E-state index in [0.717, 1.165) is 19.3 Å². The molecule has 0 rings (SSSR count). The molecule has 0 fully saturated rings. The Bertz CT molecular complexity index is 847. The SMILES string of the molecule is CCCC=C(CC=CCCCCCC)C(C=CCCCCCCC)(CCC=CCCCC)C(C=CCCCCCC)CC=CCCCCC. The van der Waals surface area contributed by atoms with Gasteiger partial charge >= 0.3 is 0 Å². The highest BCUT2D eigenvalue weighted by atomic mass is 14.4. The van der Waals surface area contributed by atoms with Crippen molar-refractivity contribution in [3.05, 3.63) is 72.4 Å². The van der Waals surface area contributed by atoms with Gasteiger partial charge in [-0.1, -0.05) is 210 Å². The second-order valence-corrected chi connectivity index (χ2v) is 14.9. The highest BCUT2D eigenvalue weighted by Crippen LogP contribution is 2.47. The van der Waals surface area contributed by atoms with Crippen molar-refractivity contribution in [2.75, 3.05) is 0 Å². The van der Waals surface area contributed by atoms with Crippen molar-refractivity contribution in [2.45, 2.75) is 228 Å². The first kappa shape index (κ1) is 47.4. The zero-order valence-electron chi connectivity index (χ0n) is 34.4. The molecule has 2 unspecified atom stereocenters. The van der Waals surface area contributed by atoms with Crippen molar-refractivity contribution >= 4 is 0 Å². The van der Waals surface area contributed by atoms with E-state index in [4.69, 9.17) is 0 Å². The maximum absolute atomic E-state index is 2.75. The van der Waals surface area contributed by atoms with Gasteiger partial charge in [-0.3, -0.25) is 0 Å². The minimum Gasteiger partial charge on any atom is -0.0885 e. The molecule has 0 heterocycles. The number of unbranched alkanes of at least 4 members (excludes halogenated alkanes) is 19. The van der Waals surface area contributed by atoms with Crippen molar-refractivity contribution in [2.24, 2.45) is 11.3 Å². The second kappa shape index (κ2) is 37.7. The third-order valence-corrected chi connectivity index (χ3v) is 10.3. The topological polar surface area (TPSA) is 0 Å². The molecule has 0 saturated heterocycles. The molecule has 0 aromatic rings. The molecular formula is C49H88. The predicted molar refractivity (Wildman–Crippen MR) is 228 cm³/mol. The van der Waals surface area contributed by atoms with E-state index < -0.39 is 0 Å². The largest absolute Gasteiger partial charge is 0.0885 e. The third kappa shape index (κ3) is 26.9. The van der Waals surface area contributed by atoms with Crippen LogP contribution in [-0.4, -0.2) is 0 Å². The van der Waals surface area contributed by atoms with Gasteiger partial charge in [0.15, 0.2) is 0 Å². The van der Waals surface area contributed by atoms with Crippen LogP contribution in [0.4, 0.5) is 0 Å². The molecule has 49 heavy (non-hydrogen) atoms. The van der Waals surface area contributed by atoms with Gasteiger partial charge in [0.25, 0.3) is 0 Å². The van der Waals surface area contributed by atoms with E-state index in [2.05, 4.69) is 108 Å². The molecule has 0 N–H and O–H groups in total. The summed E-state index contributed by atoms with van der Waals surface area (Å²) in [5.74, 6) is 0.488. The van der Waals surface area contributed by atoms with Crippen LogP contribution < -0.4 is 0 Å². The maximum atomic E-state index is 2.75. The quantitative estimate of drug-likeness (QED) is 0.0458. The number of allylic oxidation sites excluding steroid dienone is 12.